The van der Waals surface area contributed by atoms with Gasteiger partial charge in [-0.2, -0.15) is 0 Å². The number of nitrogens with zero attached hydrogens (tertiary/aromatic N) is 2. The summed E-state index contributed by atoms with van der Waals surface area (Å²) in [5.74, 6) is 0.971. The summed E-state index contributed by atoms with van der Waals surface area (Å²) in [7, 11) is 0. The summed E-state index contributed by atoms with van der Waals surface area (Å²) in [4.78, 5) is 5.17. The third-order valence-electron chi connectivity index (χ3n) is 6.32. The Morgan fingerprint density at radius 3 is 1.59 bits per heavy atom. The number of anilines is 2. The van der Waals surface area contributed by atoms with E-state index in [1.165, 1.54) is 54.7 Å². The van der Waals surface area contributed by atoms with Gasteiger partial charge in [-0.3, -0.25) is 0 Å². The van der Waals surface area contributed by atoms with Crippen LogP contribution in [0.25, 0.3) is 0 Å². The molecule has 0 saturated carbocycles. The molecule has 1 saturated heterocycles. The van der Waals surface area contributed by atoms with Crippen LogP contribution in [0.1, 0.15) is 52.8 Å². The van der Waals surface area contributed by atoms with Crippen LogP contribution in [0.15, 0.2) is 48.5 Å². The maximum Gasteiger partial charge on any atom is -0.147 e. The second-order valence-electron chi connectivity index (χ2n) is 9.96. The molecule has 3 aromatic rings. The SMILES string of the molecule is Cc1cc(C)c(N2CCN(c3c(C)cc(C)cc3C)[C]2=[Ru]=[CH]c2ccccc2OC(C)C)c(C)c1.Cl.Cl. The van der Waals surface area contributed by atoms with E-state index in [2.05, 4.69) is 118 Å². The molecule has 0 aromatic heterocycles. The smallest absolute Gasteiger partial charge is 0.147 e. The van der Waals surface area contributed by atoms with Crippen molar-refractivity contribution in [2.45, 2.75) is 61.5 Å². The Balaban J connectivity index is 0.00000241. The Labute approximate surface area is 242 Å². The Kier molecular flexibility index (Phi) is 11.1. The van der Waals surface area contributed by atoms with Gasteiger partial charge in [-0.05, 0) is 0 Å². The van der Waals surface area contributed by atoms with Crippen molar-refractivity contribution in [3.05, 3.63) is 87.5 Å². The van der Waals surface area contributed by atoms with Crippen molar-refractivity contribution < 1.29 is 21.0 Å². The fourth-order valence-electron chi connectivity index (χ4n) is 5.26. The predicted octanol–water partition coefficient (Wildman–Crippen LogP) is 7.51. The molecule has 3 aromatic carbocycles. The van der Waals surface area contributed by atoms with Gasteiger partial charge >= 0.3 is 219 Å². The molecule has 202 valence electrons. The average molecular weight is 629 g/mol. The van der Waals surface area contributed by atoms with Gasteiger partial charge in [-0.15, -0.1) is 24.8 Å². The van der Waals surface area contributed by atoms with Crippen LogP contribution in [-0.4, -0.2) is 28.2 Å². The first-order valence-electron chi connectivity index (χ1n) is 12.4. The monoisotopic (exact) mass is 628 g/mol. The molecule has 0 N–H and O–H groups in total. The van der Waals surface area contributed by atoms with E-state index in [1.807, 2.05) is 0 Å². The van der Waals surface area contributed by atoms with Crippen LogP contribution < -0.4 is 14.5 Å². The standard InChI is InChI=1S/C21H26N2.C10H12O.2ClH.Ru/c1-14-9-16(3)20(17(4)10-14)22-7-8-23(13-22)21-18(5)11-15(2)12-19(21)6;1-8(2)11-10-7-5-4-6-9(10)3;;;/h9-12H,7-8H2,1-6H3;3-8H,1-2H3;2*1H;. The van der Waals surface area contributed by atoms with Crippen molar-refractivity contribution in [3.8, 4) is 5.75 Å². The molecule has 3 nitrogen and oxygen atoms in total. The topological polar surface area (TPSA) is 15.7 Å². The van der Waals surface area contributed by atoms with E-state index >= 15 is 0 Å². The van der Waals surface area contributed by atoms with E-state index in [4.69, 9.17) is 4.74 Å². The molecule has 0 aliphatic carbocycles. The van der Waals surface area contributed by atoms with Crippen molar-refractivity contribution in [1.29, 1.82) is 0 Å². The molecule has 0 bridgehead atoms. The van der Waals surface area contributed by atoms with E-state index < -0.39 is 0 Å². The number of hydrogen-bond donors (Lipinski definition) is 0. The van der Waals surface area contributed by atoms with Gasteiger partial charge in [0, 0.05) is 0 Å². The average Bonchev–Trinajstić information content (AvgIpc) is 3.14. The summed E-state index contributed by atoms with van der Waals surface area (Å²) in [5, 5.41) is 0. The number of rotatable bonds is 5. The summed E-state index contributed by atoms with van der Waals surface area (Å²) in [6.45, 7) is 19.6. The number of benzene rings is 3. The Morgan fingerprint density at radius 2 is 1.16 bits per heavy atom. The second kappa shape index (κ2) is 13.2. The summed E-state index contributed by atoms with van der Waals surface area (Å²) in [6.07, 6.45) is 0.156. The van der Waals surface area contributed by atoms with E-state index in [9.17, 15) is 0 Å². The van der Waals surface area contributed by atoms with Crippen molar-refractivity contribution in [3.63, 3.8) is 0 Å². The normalized spacial score (nSPS) is 12.9. The van der Waals surface area contributed by atoms with Crippen molar-refractivity contribution >= 4 is 45.2 Å². The third kappa shape index (κ3) is 6.91. The van der Waals surface area contributed by atoms with Crippen molar-refractivity contribution in [1.82, 2.24) is 0 Å². The molecule has 6 heteroatoms. The summed E-state index contributed by atoms with van der Waals surface area (Å²) >= 11 is -0.205. The maximum absolute atomic E-state index is 6.13. The summed E-state index contributed by atoms with van der Waals surface area (Å²) in [5.41, 5.74) is 12.0. The van der Waals surface area contributed by atoms with Gasteiger partial charge in [0.1, 0.15) is 0 Å². The molecule has 1 aliphatic rings. The molecule has 0 amide bonds. The van der Waals surface area contributed by atoms with Crippen LogP contribution in [0, 0.1) is 41.5 Å². The first-order chi connectivity index (χ1) is 16.7. The van der Waals surface area contributed by atoms with Crippen LogP contribution >= 0.6 is 24.8 Å². The third-order valence-corrected chi connectivity index (χ3v) is 8.50. The van der Waals surface area contributed by atoms with E-state index in [-0.39, 0.29) is 47.1 Å². The van der Waals surface area contributed by atoms with Crippen molar-refractivity contribution in [2.24, 2.45) is 0 Å². The van der Waals surface area contributed by atoms with Gasteiger partial charge in [0.25, 0.3) is 0 Å². The first-order valence-corrected chi connectivity index (χ1v) is 14.3. The molecule has 37 heavy (non-hydrogen) atoms. The Hall–Kier alpha value is -2.00. The largest absolute Gasteiger partial charge is 0.147 e. The van der Waals surface area contributed by atoms with Crippen LogP contribution in [0.5, 0.6) is 5.75 Å². The molecule has 0 unspecified atom stereocenters. The molecular formula is C31H40Cl2N2ORu. The number of para-hydroxylation sites is 1. The molecule has 1 fully saturated rings. The molecule has 1 aliphatic heterocycles. The van der Waals surface area contributed by atoms with E-state index in [0.29, 0.717) is 0 Å². The molecule has 4 rings (SSSR count). The quantitative estimate of drug-likeness (QED) is 0.272. The van der Waals surface area contributed by atoms with Crippen LogP contribution in [0.4, 0.5) is 11.4 Å². The maximum atomic E-state index is 6.13. The summed E-state index contributed by atoms with van der Waals surface area (Å²) < 4.78 is 9.97. The predicted molar refractivity (Wildman–Crippen MR) is 163 cm³/mol. The molecule has 1 heterocycles. The minimum atomic E-state index is -0.205. The van der Waals surface area contributed by atoms with Gasteiger partial charge in [0.05, 0.1) is 0 Å². The van der Waals surface area contributed by atoms with Gasteiger partial charge in [-0.25, -0.2) is 0 Å². The van der Waals surface area contributed by atoms with Gasteiger partial charge in [0.2, 0.25) is 0 Å². The van der Waals surface area contributed by atoms with Gasteiger partial charge < -0.3 is 0 Å². The molecule has 0 radical (unpaired) electrons. The minimum Gasteiger partial charge on any atom is -0.147 e. The van der Waals surface area contributed by atoms with Crippen LogP contribution in [0.2, 0.25) is 0 Å². The molecule has 0 atom stereocenters. The van der Waals surface area contributed by atoms with E-state index in [0.717, 1.165) is 18.8 Å². The fourth-order valence-corrected chi connectivity index (χ4v) is 7.49. The van der Waals surface area contributed by atoms with Crippen LogP contribution in [-0.2, 0) is 16.2 Å². The number of aryl methyl sites for hydroxylation is 6. The zero-order chi connectivity index (χ0) is 25.3. The zero-order valence-corrected chi connectivity index (χ0v) is 26.5. The Bertz CT molecular complexity index is 1220. The molecule has 0 spiro atoms. The first kappa shape index (κ1) is 31.2. The zero-order valence-electron chi connectivity index (χ0n) is 23.2. The van der Waals surface area contributed by atoms with E-state index in [1.54, 1.807) is 0 Å². The van der Waals surface area contributed by atoms with Gasteiger partial charge in [0.15, 0.2) is 0 Å². The van der Waals surface area contributed by atoms with Crippen LogP contribution in [0.3, 0.4) is 0 Å². The fraction of sp³-hybridized carbons (Fsp3) is 0.355. The number of hydrogen-bond acceptors (Lipinski definition) is 3. The summed E-state index contributed by atoms with van der Waals surface area (Å²) in [6, 6.07) is 17.7. The Morgan fingerprint density at radius 1 is 0.730 bits per heavy atom. The van der Waals surface area contributed by atoms with Crippen molar-refractivity contribution in [2.75, 3.05) is 22.9 Å². The number of halogens is 2. The second-order valence-corrected chi connectivity index (χ2v) is 11.7. The minimum absolute atomic E-state index is 0. The molecular weight excluding hydrogens is 588 g/mol. The number of ether oxygens (including phenoxy) is 1. The van der Waals surface area contributed by atoms with Gasteiger partial charge in [-0.1, -0.05) is 0 Å².